The van der Waals surface area contributed by atoms with E-state index in [0.717, 1.165) is 24.5 Å². The molecule has 0 aliphatic heterocycles. The van der Waals surface area contributed by atoms with Gasteiger partial charge in [-0.15, -0.1) is 0 Å². The van der Waals surface area contributed by atoms with Crippen molar-refractivity contribution in [1.29, 1.82) is 0 Å². The second-order valence-electron chi connectivity index (χ2n) is 4.78. The minimum absolute atomic E-state index is 0.129. The number of aryl methyl sites for hydroxylation is 2. The zero-order valence-corrected chi connectivity index (χ0v) is 13.9. The van der Waals surface area contributed by atoms with Gasteiger partial charge in [-0.1, -0.05) is 6.92 Å². The Morgan fingerprint density at radius 1 is 1.33 bits per heavy atom. The Labute approximate surface area is 131 Å². The summed E-state index contributed by atoms with van der Waals surface area (Å²) in [5.74, 6) is 2.02. The number of nitrogens with zero attached hydrogens (tertiary/aromatic N) is 4. The first kappa shape index (κ1) is 15.6. The fourth-order valence-electron chi connectivity index (χ4n) is 1.92. The minimum atomic E-state index is -0.129. The van der Waals surface area contributed by atoms with E-state index >= 15 is 0 Å². The molecule has 6 nitrogen and oxygen atoms in total. The smallest absolute Gasteiger partial charge is 0.268 e. The van der Waals surface area contributed by atoms with E-state index in [1.165, 1.54) is 6.20 Å². The van der Waals surface area contributed by atoms with Crippen LogP contribution in [-0.4, -0.2) is 26.1 Å². The number of halogens is 1. The lowest BCUT2D eigenvalue weighted by molar-refractivity contribution is 0.662. The van der Waals surface area contributed by atoms with Gasteiger partial charge < -0.3 is 5.32 Å². The van der Waals surface area contributed by atoms with Gasteiger partial charge in [-0.05, 0) is 36.2 Å². The van der Waals surface area contributed by atoms with Crippen LogP contribution in [0.2, 0.25) is 0 Å². The Hall–Kier alpha value is -1.76. The molecule has 2 heterocycles. The topological polar surface area (TPSA) is 72.7 Å². The van der Waals surface area contributed by atoms with Crippen molar-refractivity contribution in [3.63, 3.8) is 0 Å². The largest absolute Gasteiger partial charge is 0.370 e. The van der Waals surface area contributed by atoms with Crippen molar-refractivity contribution in [2.24, 2.45) is 0 Å². The van der Waals surface area contributed by atoms with E-state index in [-0.39, 0.29) is 5.56 Å². The predicted octanol–water partition coefficient (Wildman–Crippen LogP) is 2.28. The summed E-state index contributed by atoms with van der Waals surface area (Å²) in [6.45, 7) is 6.96. The van der Waals surface area contributed by atoms with Crippen molar-refractivity contribution in [3.05, 3.63) is 44.4 Å². The Morgan fingerprint density at radius 2 is 2.10 bits per heavy atom. The molecule has 7 heteroatoms. The van der Waals surface area contributed by atoms with Crippen molar-refractivity contribution in [2.45, 2.75) is 33.7 Å². The van der Waals surface area contributed by atoms with Crippen LogP contribution >= 0.6 is 15.9 Å². The SMILES string of the molecule is CCCNc1cc(C)nc(Cn2c(C)ncc(Br)c2=O)n1. The summed E-state index contributed by atoms with van der Waals surface area (Å²) in [6, 6.07) is 1.90. The molecular weight excluding hydrogens is 334 g/mol. The number of nitrogens with one attached hydrogen (secondary N) is 1. The normalized spacial score (nSPS) is 10.7. The number of anilines is 1. The summed E-state index contributed by atoms with van der Waals surface area (Å²) in [4.78, 5) is 25.2. The van der Waals surface area contributed by atoms with E-state index in [2.05, 4.69) is 43.1 Å². The average Bonchev–Trinajstić information content (AvgIpc) is 2.45. The van der Waals surface area contributed by atoms with Gasteiger partial charge >= 0.3 is 0 Å². The molecule has 0 radical (unpaired) electrons. The molecule has 2 aromatic rings. The number of hydrogen-bond acceptors (Lipinski definition) is 5. The molecule has 0 saturated carbocycles. The minimum Gasteiger partial charge on any atom is -0.370 e. The van der Waals surface area contributed by atoms with Crippen molar-refractivity contribution in [2.75, 3.05) is 11.9 Å². The van der Waals surface area contributed by atoms with Gasteiger partial charge in [-0.3, -0.25) is 9.36 Å². The van der Waals surface area contributed by atoms with E-state index in [9.17, 15) is 4.79 Å². The first-order valence-electron chi connectivity index (χ1n) is 6.81. The van der Waals surface area contributed by atoms with Crippen LogP contribution in [0.4, 0.5) is 5.82 Å². The molecular formula is C14H18BrN5O. The van der Waals surface area contributed by atoms with Gasteiger partial charge in [0.25, 0.3) is 5.56 Å². The second kappa shape index (κ2) is 6.80. The van der Waals surface area contributed by atoms with Crippen LogP contribution in [0.15, 0.2) is 21.5 Å². The second-order valence-corrected chi connectivity index (χ2v) is 5.64. The molecule has 0 spiro atoms. The van der Waals surface area contributed by atoms with Crippen molar-refractivity contribution < 1.29 is 0 Å². The monoisotopic (exact) mass is 351 g/mol. The average molecular weight is 352 g/mol. The maximum absolute atomic E-state index is 12.1. The Balaban J connectivity index is 2.34. The number of rotatable bonds is 5. The van der Waals surface area contributed by atoms with E-state index in [4.69, 9.17) is 0 Å². The van der Waals surface area contributed by atoms with Gasteiger partial charge in [0.2, 0.25) is 0 Å². The highest BCUT2D eigenvalue weighted by molar-refractivity contribution is 9.10. The van der Waals surface area contributed by atoms with Crippen LogP contribution in [0.1, 0.15) is 30.7 Å². The van der Waals surface area contributed by atoms with Gasteiger partial charge in [0.15, 0.2) is 5.82 Å². The standard InChI is InChI=1S/C14H18BrN5O/c1-4-5-16-12-6-9(2)18-13(19-12)8-20-10(3)17-7-11(15)14(20)21/h6-7H,4-5,8H2,1-3H3,(H,16,18,19). The van der Waals surface area contributed by atoms with E-state index in [0.29, 0.717) is 22.7 Å². The van der Waals surface area contributed by atoms with E-state index < -0.39 is 0 Å². The summed E-state index contributed by atoms with van der Waals surface area (Å²) < 4.78 is 1.99. The molecule has 1 N–H and O–H groups in total. The zero-order chi connectivity index (χ0) is 15.4. The maximum atomic E-state index is 12.1. The van der Waals surface area contributed by atoms with Gasteiger partial charge in [-0.2, -0.15) is 0 Å². The molecule has 0 aliphatic carbocycles. The molecule has 0 aliphatic rings. The van der Waals surface area contributed by atoms with Crippen LogP contribution < -0.4 is 10.9 Å². The number of hydrogen-bond donors (Lipinski definition) is 1. The third-order valence-corrected chi connectivity index (χ3v) is 3.50. The van der Waals surface area contributed by atoms with Gasteiger partial charge in [0.05, 0.1) is 6.54 Å². The molecule has 0 bridgehead atoms. The lowest BCUT2D eigenvalue weighted by Crippen LogP contribution is -2.25. The summed E-state index contributed by atoms with van der Waals surface area (Å²) in [5.41, 5.74) is 0.739. The Morgan fingerprint density at radius 3 is 2.81 bits per heavy atom. The lowest BCUT2D eigenvalue weighted by Gasteiger charge is -2.11. The highest BCUT2D eigenvalue weighted by Gasteiger charge is 2.09. The lowest BCUT2D eigenvalue weighted by atomic mass is 10.4. The third kappa shape index (κ3) is 3.87. The molecule has 0 aromatic carbocycles. The summed E-state index contributed by atoms with van der Waals surface area (Å²) >= 11 is 3.21. The van der Waals surface area contributed by atoms with Crippen molar-refractivity contribution in [1.82, 2.24) is 19.5 Å². The summed E-state index contributed by atoms with van der Waals surface area (Å²) in [6.07, 6.45) is 2.53. The molecule has 0 saturated heterocycles. The molecule has 21 heavy (non-hydrogen) atoms. The summed E-state index contributed by atoms with van der Waals surface area (Å²) in [5, 5.41) is 3.24. The maximum Gasteiger partial charge on any atom is 0.268 e. The highest BCUT2D eigenvalue weighted by Crippen LogP contribution is 2.08. The van der Waals surface area contributed by atoms with Crippen LogP contribution in [0, 0.1) is 13.8 Å². The fourth-order valence-corrected chi connectivity index (χ4v) is 2.24. The van der Waals surface area contributed by atoms with Crippen LogP contribution in [0.3, 0.4) is 0 Å². The Kier molecular flexibility index (Phi) is 5.06. The predicted molar refractivity (Wildman–Crippen MR) is 85.6 cm³/mol. The third-order valence-electron chi connectivity index (χ3n) is 2.96. The molecule has 2 aromatic heterocycles. The molecule has 112 valence electrons. The van der Waals surface area contributed by atoms with Crippen molar-refractivity contribution >= 4 is 21.7 Å². The first-order valence-corrected chi connectivity index (χ1v) is 7.61. The zero-order valence-electron chi connectivity index (χ0n) is 12.4. The van der Waals surface area contributed by atoms with Gasteiger partial charge in [-0.25, -0.2) is 15.0 Å². The fraction of sp³-hybridized carbons (Fsp3) is 0.429. The Bertz CT molecular complexity index is 698. The van der Waals surface area contributed by atoms with Crippen LogP contribution in [0.25, 0.3) is 0 Å². The van der Waals surface area contributed by atoms with Gasteiger partial charge in [0.1, 0.15) is 16.1 Å². The molecule has 2 rings (SSSR count). The van der Waals surface area contributed by atoms with Gasteiger partial charge in [0, 0.05) is 24.5 Å². The molecule has 0 fully saturated rings. The van der Waals surface area contributed by atoms with Crippen LogP contribution in [0.5, 0.6) is 0 Å². The molecule has 0 unspecified atom stereocenters. The number of aromatic nitrogens is 4. The van der Waals surface area contributed by atoms with E-state index in [1.54, 1.807) is 11.5 Å². The highest BCUT2D eigenvalue weighted by atomic mass is 79.9. The van der Waals surface area contributed by atoms with Crippen molar-refractivity contribution in [3.8, 4) is 0 Å². The van der Waals surface area contributed by atoms with Crippen LogP contribution in [-0.2, 0) is 6.54 Å². The molecule has 0 amide bonds. The molecule has 0 atom stereocenters. The summed E-state index contributed by atoms with van der Waals surface area (Å²) in [7, 11) is 0. The van der Waals surface area contributed by atoms with E-state index in [1.807, 2.05) is 13.0 Å². The first-order chi connectivity index (χ1) is 10.0. The quantitative estimate of drug-likeness (QED) is 0.894.